The highest BCUT2D eigenvalue weighted by Gasteiger charge is 2.12. The van der Waals surface area contributed by atoms with Crippen molar-refractivity contribution in [2.75, 3.05) is 0 Å². The van der Waals surface area contributed by atoms with E-state index in [9.17, 15) is 9.00 Å². The maximum atomic E-state index is 12.0. The molecule has 4 nitrogen and oxygen atoms in total. The van der Waals surface area contributed by atoms with Crippen molar-refractivity contribution in [2.45, 2.75) is 10.6 Å². The second kappa shape index (κ2) is 5.37. The zero-order valence-corrected chi connectivity index (χ0v) is 10.7. The highest BCUT2D eigenvalue weighted by Crippen LogP contribution is 2.17. The van der Waals surface area contributed by atoms with Crippen LogP contribution in [0.3, 0.4) is 0 Å². The molecule has 0 bridgehead atoms. The second-order valence-corrected chi connectivity index (χ2v) is 5.40. The van der Waals surface area contributed by atoms with E-state index in [2.05, 4.69) is 0 Å². The Morgan fingerprint density at radius 3 is 2.44 bits per heavy atom. The number of benzene rings is 1. The monoisotopic (exact) mass is 284 g/mol. The molecule has 1 aromatic carbocycles. The van der Waals surface area contributed by atoms with Crippen LogP contribution in [0, 0.1) is 0 Å². The molecule has 18 heavy (non-hydrogen) atoms. The lowest BCUT2D eigenvalue weighted by Gasteiger charge is -2.00. The molecule has 94 valence electrons. The van der Waals surface area contributed by atoms with E-state index in [-0.39, 0.29) is 11.5 Å². The lowest BCUT2D eigenvalue weighted by Crippen LogP contribution is -1.96. The molecule has 2 rings (SSSR count). The summed E-state index contributed by atoms with van der Waals surface area (Å²) in [6, 6.07) is 9.49. The molecule has 0 fully saturated rings. The van der Waals surface area contributed by atoms with Gasteiger partial charge in [-0.2, -0.15) is 0 Å². The van der Waals surface area contributed by atoms with Gasteiger partial charge in [0.15, 0.2) is 0 Å². The van der Waals surface area contributed by atoms with Gasteiger partial charge in [0.25, 0.3) is 0 Å². The third-order valence-corrected chi connectivity index (χ3v) is 3.82. The largest absolute Gasteiger partial charge is 0.475 e. The van der Waals surface area contributed by atoms with Crippen LogP contribution in [0.5, 0.6) is 0 Å². The summed E-state index contributed by atoms with van der Waals surface area (Å²) in [6.07, 6.45) is 0. The van der Waals surface area contributed by atoms with Crippen LogP contribution in [0.25, 0.3) is 0 Å². The van der Waals surface area contributed by atoms with Crippen molar-refractivity contribution in [1.82, 2.24) is 0 Å². The van der Waals surface area contributed by atoms with E-state index in [1.807, 2.05) is 0 Å². The van der Waals surface area contributed by atoms with Gasteiger partial charge in [0.2, 0.25) is 5.76 Å². The molecule has 0 amide bonds. The van der Waals surface area contributed by atoms with Gasteiger partial charge in [0.05, 0.1) is 16.6 Å². The third kappa shape index (κ3) is 3.00. The topological polar surface area (TPSA) is 67.5 Å². The Balaban J connectivity index is 2.11. The fourth-order valence-electron chi connectivity index (χ4n) is 1.37. The molecule has 0 saturated carbocycles. The highest BCUT2D eigenvalue weighted by atomic mass is 35.5. The van der Waals surface area contributed by atoms with Crippen molar-refractivity contribution in [1.29, 1.82) is 0 Å². The molecule has 1 N–H and O–H groups in total. The zero-order chi connectivity index (χ0) is 13.1. The average molecular weight is 285 g/mol. The molecule has 2 aromatic rings. The SMILES string of the molecule is O=C(O)c1ccc(C[S@](=O)c2ccc(Cl)cc2)o1. The Labute approximate surface area is 111 Å². The van der Waals surface area contributed by atoms with Crippen LogP contribution in [0.15, 0.2) is 45.7 Å². The van der Waals surface area contributed by atoms with Crippen LogP contribution < -0.4 is 0 Å². The summed E-state index contributed by atoms with van der Waals surface area (Å²) >= 11 is 5.73. The van der Waals surface area contributed by atoms with Gasteiger partial charge in [-0.1, -0.05) is 11.6 Å². The van der Waals surface area contributed by atoms with Gasteiger partial charge in [-0.15, -0.1) is 0 Å². The average Bonchev–Trinajstić information content (AvgIpc) is 2.78. The van der Waals surface area contributed by atoms with E-state index >= 15 is 0 Å². The normalized spacial score (nSPS) is 12.3. The predicted octanol–water partition coefficient (Wildman–Crippen LogP) is 2.94. The maximum Gasteiger partial charge on any atom is 0.371 e. The first-order chi connectivity index (χ1) is 8.56. The van der Waals surface area contributed by atoms with Gasteiger partial charge in [0.1, 0.15) is 5.76 Å². The summed E-state index contributed by atoms with van der Waals surface area (Å²) in [5.74, 6) is -0.785. The first-order valence-electron chi connectivity index (χ1n) is 5.02. The third-order valence-electron chi connectivity index (χ3n) is 2.22. The zero-order valence-electron chi connectivity index (χ0n) is 9.13. The molecule has 0 saturated heterocycles. The first-order valence-corrected chi connectivity index (χ1v) is 6.72. The Morgan fingerprint density at radius 1 is 1.22 bits per heavy atom. The number of carboxylic acids is 1. The van der Waals surface area contributed by atoms with Crippen LogP contribution in [-0.4, -0.2) is 15.3 Å². The smallest absolute Gasteiger partial charge is 0.371 e. The molecule has 1 heterocycles. The summed E-state index contributed by atoms with van der Waals surface area (Å²) in [7, 11) is -1.29. The van der Waals surface area contributed by atoms with Gasteiger partial charge >= 0.3 is 5.97 Å². The van der Waals surface area contributed by atoms with Gasteiger partial charge in [0, 0.05) is 9.92 Å². The molecule has 0 aliphatic rings. The summed E-state index contributed by atoms with van der Waals surface area (Å²) in [6.45, 7) is 0. The van der Waals surface area contributed by atoms with Crippen molar-refractivity contribution in [3.63, 3.8) is 0 Å². The van der Waals surface area contributed by atoms with Crippen molar-refractivity contribution in [2.24, 2.45) is 0 Å². The van der Waals surface area contributed by atoms with Crippen LogP contribution in [0.4, 0.5) is 0 Å². The van der Waals surface area contributed by atoms with Crippen LogP contribution >= 0.6 is 11.6 Å². The van der Waals surface area contributed by atoms with Gasteiger partial charge in [-0.25, -0.2) is 4.79 Å². The molecule has 0 radical (unpaired) electrons. The summed E-state index contributed by atoms with van der Waals surface area (Å²) in [5.41, 5.74) is 0. The van der Waals surface area contributed by atoms with Gasteiger partial charge in [-0.05, 0) is 36.4 Å². The van der Waals surface area contributed by atoms with Crippen LogP contribution in [-0.2, 0) is 16.6 Å². The van der Waals surface area contributed by atoms with Gasteiger partial charge in [-0.3, -0.25) is 4.21 Å². The molecule has 0 spiro atoms. The van der Waals surface area contributed by atoms with E-state index < -0.39 is 16.8 Å². The number of aromatic carboxylic acids is 1. The number of halogens is 1. The molecule has 1 atom stereocenters. The highest BCUT2D eigenvalue weighted by molar-refractivity contribution is 7.84. The van der Waals surface area contributed by atoms with Crippen molar-refractivity contribution >= 4 is 28.4 Å². The number of hydrogen-bond donors (Lipinski definition) is 1. The molecule has 1 aromatic heterocycles. The van der Waals surface area contributed by atoms with E-state index in [0.717, 1.165) is 0 Å². The lowest BCUT2D eigenvalue weighted by molar-refractivity contribution is 0.0661. The maximum absolute atomic E-state index is 12.0. The molecule has 0 aliphatic carbocycles. The fourth-order valence-corrected chi connectivity index (χ4v) is 2.52. The Morgan fingerprint density at radius 2 is 1.89 bits per heavy atom. The summed E-state index contributed by atoms with van der Waals surface area (Å²) in [5, 5.41) is 9.27. The molecule has 0 aliphatic heterocycles. The summed E-state index contributed by atoms with van der Waals surface area (Å²) < 4.78 is 17.0. The minimum absolute atomic E-state index is 0.134. The fraction of sp³-hybridized carbons (Fsp3) is 0.0833. The van der Waals surface area contributed by atoms with E-state index in [1.54, 1.807) is 24.3 Å². The molecular formula is C12H9ClO4S. The van der Waals surface area contributed by atoms with Crippen LogP contribution in [0.2, 0.25) is 5.02 Å². The van der Waals surface area contributed by atoms with E-state index in [0.29, 0.717) is 15.7 Å². The quantitative estimate of drug-likeness (QED) is 0.937. The molecule has 0 unspecified atom stereocenters. The summed E-state index contributed by atoms with van der Waals surface area (Å²) in [4.78, 5) is 11.2. The predicted molar refractivity (Wildman–Crippen MR) is 67.2 cm³/mol. The van der Waals surface area contributed by atoms with Crippen molar-refractivity contribution < 1.29 is 18.5 Å². The number of hydrogen-bond acceptors (Lipinski definition) is 3. The van der Waals surface area contributed by atoms with Crippen molar-refractivity contribution in [3.05, 3.63) is 52.9 Å². The number of furan rings is 1. The first kappa shape index (κ1) is 12.9. The second-order valence-electron chi connectivity index (χ2n) is 3.51. The Hall–Kier alpha value is -1.59. The lowest BCUT2D eigenvalue weighted by atomic mass is 10.4. The minimum Gasteiger partial charge on any atom is -0.475 e. The van der Waals surface area contributed by atoms with Crippen LogP contribution in [0.1, 0.15) is 16.3 Å². The Kier molecular flexibility index (Phi) is 3.84. The minimum atomic E-state index is -1.29. The molecular weight excluding hydrogens is 276 g/mol. The van der Waals surface area contributed by atoms with Crippen molar-refractivity contribution in [3.8, 4) is 0 Å². The van der Waals surface area contributed by atoms with Gasteiger partial charge < -0.3 is 9.52 Å². The molecule has 6 heteroatoms. The Bertz CT molecular complexity index is 588. The number of rotatable bonds is 4. The standard InChI is InChI=1S/C12H9ClO4S/c13-8-1-4-10(5-2-8)18(16)7-9-3-6-11(17-9)12(14)15/h1-6H,7H2,(H,14,15)/t18-/m0/s1. The van der Waals surface area contributed by atoms with E-state index in [4.69, 9.17) is 21.1 Å². The van der Waals surface area contributed by atoms with E-state index in [1.165, 1.54) is 12.1 Å². The number of carboxylic acid groups (broad SMARTS) is 1. The number of carbonyl (C=O) groups is 1.